The summed E-state index contributed by atoms with van der Waals surface area (Å²) in [7, 11) is 0. The van der Waals surface area contributed by atoms with E-state index < -0.39 is 0 Å². The van der Waals surface area contributed by atoms with Crippen molar-refractivity contribution in [2.75, 3.05) is 23.4 Å². The van der Waals surface area contributed by atoms with E-state index in [-0.39, 0.29) is 11.8 Å². The highest BCUT2D eigenvalue weighted by Crippen LogP contribution is 2.31. The SMILES string of the molecule is CCOc1ccc2ccccc2c1C(=O)Nc1ccc(N2CCCCC2=O)c(C)c1. The van der Waals surface area contributed by atoms with Crippen molar-refractivity contribution < 1.29 is 14.3 Å². The molecule has 0 bridgehead atoms. The van der Waals surface area contributed by atoms with Gasteiger partial charge in [0, 0.05) is 24.3 Å². The maximum absolute atomic E-state index is 13.2. The molecule has 0 aromatic heterocycles. The van der Waals surface area contributed by atoms with Gasteiger partial charge in [-0.1, -0.05) is 30.3 Å². The number of hydrogen-bond donors (Lipinski definition) is 1. The summed E-state index contributed by atoms with van der Waals surface area (Å²) < 4.78 is 5.73. The van der Waals surface area contributed by atoms with Gasteiger partial charge in [0.1, 0.15) is 5.75 Å². The number of ether oxygens (including phenoxy) is 1. The van der Waals surface area contributed by atoms with Gasteiger partial charge in [0.25, 0.3) is 5.91 Å². The summed E-state index contributed by atoms with van der Waals surface area (Å²) in [6.45, 7) is 5.10. The largest absolute Gasteiger partial charge is 0.493 e. The number of fused-ring (bicyclic) bond motifs is 1. The highest BCUT2D eigenvalue weighted by atomic mass is 16.5. The van der Waals surface area contributed by atoms with E-state index in [1.807, 2.05) is 73.3 Å². The first-order valence-corrected chi connectivity index (χ1v) is 10.5. The number of amides is 2. The number of benzene rings is 3. The minimum atomic E-state index is -0.212. The monoisotopic (exact) mass is 402 g/mol. The zero-order chi connectivity index (χ0) is 21.1. The molecular formula is C25H26N2O3. The van der Waals surface area contributed by atoms with Gasteiger partial charge in [-0.05, 0) is 67.3 Å². The van der Waals surface area contributed by atoms with Crippen LogP contribution >= 0.6 is 0 Å². The van der Waals surface area contributed by atoms with Crippen LogP contribution in [0, 0.1) is 6.92 Å². The predicted molar refractivity (Wildman–Crippen MR) is 120 cm³/mol. The topological polar surface area (TPSA) is 58.6 Å². The van der Waals surface area contributed by atoms with Crippen molar-refractivity contribution in [3.8, 4) is 5.75 Å². The average molecular weight is 402 g/mol. The summed E-state index contributed by atoms with van der Waals surface area (Å²) in [6.07, 6.45) is 2.57. The van der Waals surface area contributed by atoms with Crippen LogP contribution in [0.4, 0.5) is 11.4 Å². The van der Waals surface area contributed by atoms with Gasteiger partial charge in [-0.2, -0.15) is 0 Å². The van der Waals surface area contributed by atoms with Crippen LogP contribution in [0.25, 0.3) is 10.8 Å². The number of piperidine rings is 1. The van der Waals surface area contributed by atoms with Crippen molar-refractivity contribution in [3.05, 3.63) is 65.7 Å². The summed E-state index contributed by atoms with van der Waals surface area (Å²) in [6, 6.07) is 17.3. The Morgan fingerprint density at radius 3 is 2.70 bits per heavy atom. The summed E-state index contributed by atoms with van der Waals surface area (Å²) in [4.78, 5) is 27.3. The molecule has 1 heterocycles. The van der Waals surface area contributed by atoms with E-state index >= 15 is 0 Å². The molecule has 1 saturated heterocycles. The molecule has 1 aliphatic rings. The molecule has 30 heavy (non-hydrogen) atoms. The quantitative estimate of drug-likeness (QED) is 0.629. The molecule has 0 radical (unpaired) electrons. The van der Waals surface area contributed by atoms with Crippen LogP contribution < -0.4 is 15.0 Å². The second-order valence-corrected chi connectivity index (χ2v) is 7.55. The molecule has 3 aromatic carbocycles. The molecule has 154 valence electrons. The first kappa shape index (κ1) is 20.0. The highest BCUT2D eigenvalue weighted by Gasteiger charge is 2.22. The summed E-state index contributed by atoms with van der Waals surface area (Å²) in [5, 5.41) is 4.85. The van der Waals surface area contributed by atoms with Gasteiger partial charge in [-0.15, -0.1) is 0 Å². The minimum absolute atomic E-state index is 0.165. The predicted octanol–water partition coefficient (Wildman–Crippen LogP) is 5.32. The van der Waals surface area contributed by atoms with Crippen molar-refractivity contribution in [2.45, 2.75) is 33.1 Å². The molecule has 1 N–H and O–H groups in total. The molecule has 0 atom stereocenters. The van der Waals surface area contributed by atoms with E-state index in [0.29, 0.717) is 30.0 Å². The summed E-state index contributed by atoms with van der Waals surface area (Å²) >= 11 is 0. The average Bonchev–Trinajstić information content (AvgIpc) is 2.74. The molecule has 5 heteroatoms. The van der Waals surface area contributed by atoms with Gasteiger partial charge in [-0.25, -0.2) is 0 Å². The number of nitrogens with zero attached hydrogens (tertiary/aromatic N) is 1. The van der Waals surface area contributed by atoms with Gasteiger partial charge in [0.05, 0.1) is 12.2 Å². The second kappa shape index (κ2) is 8.57. The fourth-order valence-electron chi connectivity index (χ4n) is 4.05. The van der Waals surface area contributed by atoms with Crippen molar-refractivity contribution in [1.82, 2.24) is 0 Å². The van der Waals surface area contributed by atoms with Crippen LogP contribution in [0.5, 0.6) is 5.75 Å². The third-order valence-electron chi connectivity index (χ3n) is 5.49. The highest BCUT2D eigenvalue weighted by molar-refractivity contribution is 6.15. The van der Waals surface area contributed by atoms with Crippen molar-refractivity contribution in [2.24, 2.45) is 0 Å². The lowest BCUT2D eigenvalue weighted by Gasteiger charge is -2.28. The number of hydrogen-bond acceptors (Lipinski definition) is 3. The fourth-order valence-corrected chi connectivity index (χ4v) is 4.05. The number of nitrogens with one attached hydrogen (secondary N) is 1. The van der Waals surface area contributed by atoms with E-state index in [0.717, 1.165) is 41.4 Å². The first-order chi connectivity index (χ1) is 14.6. The van der Waals surface area contributed by atoms with Crippen molar-refractivity contribution >= 4 is 34.0 Å². The van der Waals surface area contributed by atoms with E-state index in [1.54, 1.807) is 0 Å². The molecule has 3 aromatic rings. The third-order valence-corrected chi connectivity index (χ3v) is 5.49. The van der Waals surface area contributed by atoms with Gasteiger partial charge >= 0.3 is 0 Å². The van der Waals surface area contributed by atoms with E-state index in [1.165, 1.54) is 0 Å². The molecular weight excluding hydrogens is 376 g/mol. The van der Waals surface area contributed by atoms with Crippen LogP contribution in [0.1, 0.15) is 42.1 Å². The van der Waals surface area contributed by atoms with Crippen LogP contribution in [-0.2, 0) is 4.79 Å². The van der Waals surface area contributed by atoms with Crippen LogP contribution in [0.2, 0.25) is 0 Å². The molecule has 5 nitrogen and oxygen atoms in total. The smallest absolute Gasteiger partial charge is 0.260 e. The third kappa shape index (κ3) is 3.88. The van der Waals surface area contributed by atoms with E-state index in [4.69, 9.17) is 4.74 Å². The standard InChI is InChI=1S/C25H26N2O3/c1-3-30-22-14-11-18-8-4-5-9-20(18)24(22)25(29)26-19-12-13-21(17(2)16-19)27-15-7-6-10-23(27)28/h4-5,8-9,11-14,16H,3,6-7,10,15H2,1-2H3,(H,26,29). The number of carbonyl (C=O) groups excluding carboxylic acids is 2. The van der Waals surface area contributed by atoms with Gasteiger partial charge in [0.2, 0.25) is 5.91 Å². The van der Waals surface area contributed by atoms with Gasteiger partial charge in [0.15, 0.2) is 0 Å². The number of rotatable bonds is 5. The Balaban J connectivity index is 1.64. The molecule has 0 unspecified atom stereocenters. The molecule has 0 saturated carbocycles. The Labute approximate surface area is 176 Å². The lowest BCUT2D eigenvalue weighted by atomic mass is 10.0. The number of anilines is 2. The van der Waals surface area contributed by atoms with Crippen LogP contribution in [0.15, 0.2) is 54.6 Å². The van der Waals surface area contributed by atoms with Gasteiger partial charge < -0.3 is 15.0 Å². The normalized spacial score (nSPS) is 14.1. The lowest BCUT2D eigenvalue weighted by molar-refractivity contribution is -0.119. The second-order valence-electron chi connectivity index (χ2n) is 7.55. The fraction of sp³-hybridized carbons (Fsp3) is 0.280. The Bertz CT molecular complexity index is 1110. The summed E-state index contributed by atoms with van der Waals surface area (Å²) in [5.74, 6) is 0.524. The van der Waals surface area contributed by atoms with Crippen LogP contribution in [0.3, 0.4) is 0 Å². The molecule has 1 fully saturated rings. The number of aryl methyl sites for hydroxylation is 1. The lowest BCUT2D eigenvalue weighted by Crippen LogP contribution is -2.35. The summed E-state index contributed by atoms with van der Waals surface area (Å²) in [5.41, 5.74) is 3.10. The Kier molecular flexibility index (Phi) is 5.70. The van der Waals surface area contributed by atoms with E-state index in [2.05, 4.69) is 5.32 Å². The zero-order valence-corrected chi connectivity index (χ0v) is 17.4. The maximum atomic E-state index is 13.2. The Morgan fingerprint density at radius 2 is 1.93 bits per heavy atom. The minimum Gasteiger partial charge on any atom is -0.493 e. The molecule has 4 rings (SSSR count). The molecule has 2 amide bonds. The number of carbonyl (C=O) groups is 2. The van der Waals surface area contributed by atoms with Crippen molar-refractivity contribution in [3.63, 3.8) is 0 Å². The Morgan fingerprint density at radius 1 is 1.10 bits per heavy atom. The Hall–Kier alpha value is -3.34. The molecule has 0 aliphatic carbocycles. The first-order valence-electron chi connectivity index (χ1n) is 10.5. The van der Waals surface area contributed by atoms with Crippen molar-refractivity contribution in [1.29, 1.82) is 0 Å². The van der Waals surface area contributed by atoms with Gasteiger partial charge in [-0.3, -0.25) is 9.59 Å². The van der Waals surface area contributed by atoms with E-state index in [9.17, 15) is 9.59 Å². The molecule has 0 spiro atoms. The zero-order valence-electron chi connectivity index (χ0n) is 17.4. The van der Waals surface area contributed by atoms with Crippen LogP contribution in [-0.4, -0.2) is 25.0 Å². The maximum Gasteiger partial charge on any atom is 0.260 e. The molecule has 1 aliphatic heterocycles.